The number of nitrogens with zero attached hydrogens (tertiary/aromatic N) is 7. The number of benzene rings is 1. The predicted molar refractivity (Wildman–Crippen MR) is 133 cm³/mol. The molecule has 5 aromatic rings. The molecule has 9 nitrogen and oxygen atoms in total. The standard InChI is InChI=1S/C22H19ClN8O.H2S/c23-15-11-13-29-19(15)21(32)30(14-6-2-1-3-7-14)20(26-29)16-8-5-12-28(16)18-10-4-9-17-25-22(24)27-31(17)18;/h1-4,6-7,9-11,13,16H,5,8,12H2,(H2,24,27);1H2/t16-;/m0./s1. The van der Waals surface area contributed by atoms with E-state index in [-0.39, 0.29) is 31.0 Å². The fourth-order valence-electron chi connectivity index (χ4n) is 4.52. The zero-order valence-electron chi connectivity index (χ0n) is 17.5. The molecule has 1 saturated heterocycles. The first-order valence-corrected chi connectivity index (χ1v) is 10.7. The van der Waals surface area contributed by atoms with Crippen molar-refractivity contribution in [1.82, 2.24) is 28.8 Å². The molecule has 4 aromatic heterocycles. The number of hydrogen-bond donors (Lipinski definition) is 1. The lowest BCUT2D eigenvalue weighted by Gasteiger charge is -2.28. The van der Waals surface area contributed by atoms with E-state index < -0.39 is 0 Å². The first-order chi connectivity index (χ1) is 15.6. The van der Waals surface area contributed by atoms with Gasteiger partial charge in [0.05, 0.1) is 16.8 Å². The molecule has 1 atom stereocenters. The normalized spacial score (nSPS) is 15.9. The third-order valence-corrected chi connectivity index (χ3v) is 6.18. The largest absolute Gasteiger partial charge is 0.366 e. The fourth-order valence-corrected chi connectivity index (χ4v) is 4.75. The lowest BCUT2D eigenvalue weighted by Crippen LogP contribution is -2.33. The fraction of sp³-hybridized carbons (Fsp3) is 0.182. The first-order valence-electron chi connectivity index (χ1n) is 10.3. The average molecular weight is 481 g/mol. The summed E-state index contributed by atoms with van der Waals surface area (Å²) in [5.74, 6) is 1.72. The lowest BCUT2D eigenvalue weighted by molar-refractivity contribution is 0.597. The summed E-state index contributed by atoms with van der Waals surface area (Å²) in [6.45, 7) is 0.790. The van der Waals surface area contributed by atoms with E-state index >= 15 is 0 Å². The highest BCUT2D eigenvalue weighted by atomic mass is 35.5. The van der Waals surface area contributed by atoms with Crippen LogP contribution in [0.15, 0.2) is 65.6 Å². The summed E-state index contributed by atoms with van der Waals surface area (Å²) in [7, 11) is 0. The van der Waals surface area contributed by atoms with Gasteiger partial charge in [0.15, 0.2) is 11.5 Å². The van der Waals surface area contributed by atoms with Crippen LogP contribution in [0, 0.1) is 0 Å². The number of nitrogens with two attached hydrogens (primary N) is 1. The Labute approximate surface area is 200 Å². The van der Waals surface area contributed by atoms with Gasteiger partial charge in [-0.05, 0) is 43.2 Å². The van der Waals surface area contributed by atoms with Crippen molar-refractivity contribution in [3.8, 4) is 5.69 Å². The number of nitrogen functional groups attached to an aromatic ring is 1. The third kappa shape index (κ3) is 3.33. The van der Waals surface area contributed by atoms with Crippen LogP contribution in [-0.2, 0) is 0 Å². The maximum absolute atomic E-state index is 13.6. The van der Waals surface area contributed by atoms with Crippen LogP contribution < -0.4 is 16.2 Å². The van der Waals surface area contributed by atoms with Crippen molar-refractivity contribution in [2.75, 3.05) is 17.2 Å². The molecule has 0 bridgehead atoms. The Bertz CT molecular complexity index is 1530. The summed E-state index contributed by atoms with van der Waals surface area (Å²) in [4.78, 5) is 20.1. The Hall–Kier alpha value is -3.50. The number of aromatic nitrogens is 6. The van der Waals surface area contributed by atoms with Gasteiger partial charge in [0.2, 0.25) is 5.95 Å². The van der Waals surface area contributed by atoms with Gasteiger partial charge in [0.1, 0.15) is 11.3 Å². The van der Waals surface area contributed by atoms with Crippen LogP contribution in [-0.4, -0.2) is 35.3 Å². The molecule has 0 radical (unpaired) electrons. The van der Waals surface area contributed by atoms with Crippen LogP contribution >= 0.6 is 25.1 Å². The smallest absolute Gasteiger partial charge is 0.284 e. The number of rotatable bonds is 3. The van der Waals surface area contributed by atoms with Crippen molar-refractivity contribution in [3.05, 3.63) is 82.0 Å². The number of anilines is 2. The zero-order chi connectivity index (χ0) is 21.8. The molecule has 33 heavy (non-hydrogen) atoms. The molecule has 0 saturated carbocycles. The van der Waals surface area contributed by atoms with E-state index in [2.05, 4.69) is 15.0 Å². The SMILES string of the molecule is Nc1nc2cccc(N3CCC[C@H]3c3nn4ccc(Cl)c4c(=O)n3-c3ccccc3)n2n1.S. The molecule has 6 rings (SSSR count). The van der Waals surface area contributed by atoms with Crippen molar-refractivity contribution in [1.29, 1.82) is 0 Å². The van der Waals surface area contributed by atoms with Crippen LogP contribution in [0.4, 0.5) is 11.8 Å². The van der Waals surface area contributed by atoms with Crippen molar-refractivity contribution in [2.24, 2.45) is 0 Å². The summed E-state index contributed by atoms with van der Waals surface area (Å²) in [5.41, 5.74) is 7.43. The molecule has 1 aromatic carbocycles. The minimum absolute atomic E-state index is 0. The highest BCUT2D eigenvalue weighted by molar-refractivity contribution is 7.59. The second-order valence-corrected chi connectivity index (χ2v) is 8.17. The average Bonchev–Trinajstić information content (AvgIpc) is 3.51. The van der Waals surface area contributed by atoms with Gasteiger partial charge in [-0.1, -0.05) is 35.9 Å². The van der Waals surface area contributed by atoms with E-state index in [1.165, 1.54) is 0 Å². The van der Waals surface area contributed by atoms with Gasteiger partial charge < -0.3 is 10.6 Å². The van der Waals surface area contributed by atoms with Gasteiger partial charge in [-0.2, -0.15) is 28.1 Å². The number of para-hydroxylation sites is 1. The Morgan fingerprint density at radius 2 is 1.85 bits per heavy atom. The molecule has 0 spiro atoms. The second kappa shape index (κ2) is 8.13. The third-order valence-electron chi connectivity index (χ3n) is 5.88. The van der Waals surface area contributed by atoms with Crippen LogP contribution in [0.3, 0.4) is 0 Å². The highest BCUT2D eigenvalue weighted by Gasteiger charge is 2.33. The molecule has 2 N–H and O–H groups in total. The number of hydrogen-bond acceptors (Lipinski definition) is 6. The molecule has 0 aliphatic carbocycles. The van der Waals surface area contributed by atoms with E-state index in [1.807, 2.05) is 48.5 Å². The Balaban J connectivity index is 0.00000228. The summed E-state index contributed by atoms with van der Waals surface area (Å²) >= 11 is 6.33. The van der Waals surface area contributed by atoms with Crippen LogP contribution in [0.1, 0.15) is 24.7 Å². The van der Waals surface area contributed by atoms with Crippen molar-refractivity contribution >= 4 is 48.0 Å². The van der Waals surface area contributed by atoms with Gasteiger partial charge >= 0.3 is 0 Å². The van der Waals surface area contributed by atoms with E-state index in [0.717, 1.165) is 30.9 Å². The van der Waals surface area contributed by atoms with Crippen LogP contribution in [0.25, 0.3) is 16.9 Å². The molecule has 1 aliphatic heterocycles. The highest BCUT2D eigenvalue weighted by Crippen LogP contribution is 2.36. The van der Waals surface area contributed by atoms with Crippen LogP contribution in [0.5, 0.6) is 0 Å². The van der Waals surface area contributed by atoms with Crippen molar-refractivity contribution in [3.63, 3.8) is 0 Å². The number of halogens is 1. The minimum atomic E-state index is -0.203. The number of pyridine rings is 1. The van der Waals surface area contributed by atoms with E-state index in [9.17, 15) is 4.79 Å². The van der Waals surface area contributed by atoms with Gasteiger partial charge in [-0.15, -0.1) is 5.10 Å². The monoisotopic (exact) mass is 480 g/mol. The molecular weight excluding hydrogens is 460 g/mol. The van der Waals surface area contributed by atoms with Crippen molar-refractivity contribution in [2.45, 2.75) is 18.9 Å². The molecule has 168 valence electrons. The van der Waals surface area contributed by atoms with E-state index in [4.69, 9.17) is 22.4 Å². The Kier molecular flexibility index (Phi) is 5.26. The molecule has 1 fully saturated rings. The molecular formula is C22H21ClN8OS. The summed E-state index contributed by atoms with van der Waals surface area (Å²) in [6.07, 6.45) is 3.50. The number of fused-ring (bicyclic) bond motifs is 2. The predicted octanol–water partition coefficient (Wildman–Crippen LogP) is 3.22. The van der Waals surface area contributed by atoms with Gasteiger partial charge in [-0.3, -0.25) is 9.36 Å². The molecule has 11 heteroatoms. The maximum Gasteiger partial charge on any atom is 0.284 e. The summed E-state index contributed by atoms with van der Waals surface area (Å²) in [6, 6.07) is 16.8. The Morgan fingerprint density at radius 3 is 2.67 bits per heavy atom. The molecule has 1 aliphatic rings. The van der Waals surface area contributed by atoms with Gasteiger partial charge in [-0.25, -0.2) is 4.52 Å². The van der Waals surface area contributed by atoms with Gasteiger partial charge in [0.25, 0.3) is 5.56 Å². The lowest BCUT2D eigenvalue weighted by atomic mass is 10.2. The molecule has 0 amide bonds. The maximum atomic E-state index is 13.6. The minimum Gasteiger partial charge on any atom is -0.366 e. The quantitative estimate of drug-likeness (QED) is 0.425. The van der Waals surface area contributed by atoms with Crippen molar-refractivity contribution < 1.29 is 0 Å². The van der Waals surface area contributed by atoms with Gasteiger partial charge in [0, 0.05) is 12.7 Å². The van der Waals surface area contributed by atoms with E-state index in [1.54, 1.807) is 25.9 Å². The topological polar surface area (TPSA) is 98.8 Å². The summed E-state index contributed by atoms with van der Waals surface area (Å²) in [5, 5.41) is 9.61. The Morgan fingerprint density at radius 1 is 1.03 bits per heavy atom. The first kappa shape index (κ1) is 21.4. The summed E-state index contributed by atoms with van der Waals surface area (Å²) < 4.78 is 4.98. The van der Waals surface area contributed by atoms with Crippen LogP contribution in [0.2, 0.25) is 5.02 Å². The van der Waals surface area contributed by atoms with E-state index in [0.29, 0.717) is 22.0 Å². The molecule has 0 unspecified atom stereocenters. The second-order valence-electron chi connectivity index (χ2n) is 7.77. The molecule has 5 heterocycles. The zero-order valence-corrected chi connectivity index (χ0v) is 19.2.